The fraction of sp³-hybridized carbons (Fsp3) is 0.333. The number of carbonyl (C=O) groups is 2. The fourth-order valence-corrected chi connectivity index (χ4v) is 3.16. The van der Waals surface area contributed by atoms with Crippen molar-refractivity contribution in [1.29, 1.82) is 0 Å². The zero-order valence-electron chi connectivity index (χ0n) is 13.9. The Morgan fingerprint density at radius 1 is 1.12 bits per heavy atom. The maximum absolute atomic E-state index is 13.9. The summed E-state index contributed by atoms with van der Waals surface area (Å²) in [6.45, 7) is 0. The molecule has 3 rings (SSSR count). The minimum absolute atomic E-state index is 0.0854. The van der Waals surface area contributed by atoms with Crippen molar-refractivity contribution in [1.82, 2.24) is 15.1 Å². The van der Waals surface area contributed by atoms with E-state index in [1.165, 1.54) is 24.3 Å². The van der Waals surface area contributed by atoms with Crippen LogP contribution in [0.4, 0.5) is 4.39 Å². The van der Waals surface area contributed by atoms with Gasteiger partial charge in [0.2, 0.25) is 0 Å². The molecule has 8 heteroatoms. The number of nitrogens with zero attached hydrogens (tertiary/aromatic N) is 2. The molecular weight excluding hydrogens is 341 g/mol. The van der Waals surface area contributed by atoms with Gasteiger partial charge in [0.25, 0.3) is 11.5 Å². The summed E-state index contributed by atoms with van der Waals surface area (Å²) in [4.78, 5) is 36.3. The first-order valence-electron chi connectivity index (χ1n) is 8.34. The molecule has 1 saturated carbocycles. The van der Waals surface area contributed by atoms with Gasteiger partial charge < -0.3 is 10.4 Å². The molecule has 1 fully saturated rings. The Labute approximate surface area is 148 Å². The van der Waals surface area contributed by atoms with Crippen LogP contribution in [0.3, 0.4) is 0 Å². The Bertz CT molecular complexity index is 903. The number of aromatic nitrogens is 2. The molecular formula is C18H18FN3O4. The molecule has 0 saturated heterocycles. The Morgan fingerprint density at radius 3 is 2.46 bits per heavy atom. The van der Waals surface area contributed by atoms with Crippen LogP contribution in [-0.2, 0) is 4.79 Å². The quantitative estimate of drug-likeness (QED) is 0.868. The van der Waals surface area contributed by atoms with Gasteiger partial charge >= 0.3 is 5.97 Å². The first-order valence-corrected chi connectivity index (χ1v) is 8.34. The third kappa shape index (κ3) is 3.35. The van der Waals surface area contributed by atoms with Gasteiger partial charge in [-0.2, -0.15) is 9.78 Å². The molecule has 2 aromatic rings. The van der Waals surface area contributed by atoms with Crippen LogP contribution in [0.1, 0.15) is 42.6 Å². The van der Waals surface area contributed by atoms with Crippen molar-refractivity contribution in [3.05, 3.63) is 58.3 Å². The van der Waals surface area contributed by atoms with E-state index in [1.807, 2.05) is 0 Å². The van der Waals surface area contributed by atoms with Crippen LogP contribution in [0.25, 0.3) is 5.69 Å². The van der Waals surface area contributed by atoms with Crippen molar-refractivity contribution in [2.75, 3.05) is 0 Å². The molecule has 0 aliphatic heterocycles. The second-order valence-corrected chi connectivity index (χ2v) is 6.32. The zero-order valence-corrected chi connectivity index (χ0v) is 13.9. The van der Waals surface area contributed by atoms with Crippen LogP contribution in [0, 0.1) is 5.82 Å². The minimum Gasteiger partial charge on any atom is -0.480 e. The number of carboxylic acid groups (broad SMARTS) is 1. The van der Waals surface area contributed by atoms with E-state index in [4.69, 9.17) is 0 Å². The number of rotatable bonds is 4. The van der Waals surface area contributed by atoms with Crippen molar-refractivity contribution in [2.24, 2.45) is 0 Å². The van der Waals surface area contributed by atoms with Crippen LogP contribution in [0.2, 0.25) is 0 Å². The summed E-state index contributed by atoms with van der Waals surface area (Å²) in [5.74, 6) is -2.46. The summed E-state index contributed by atoms with van der Waals surface area (Å²) in [7, 11) is 0. The number of aliphatic carboxylic acids is 1. The lowest BCUT2D eigenvalue weighted by atomic mass is 9.81. The van der Waals surface area contributed by atoms with E-state index in [2.05, 4.69) is 10.4 Å². The maximum atomic E-state index is 13.9. The van der Waals surface area contributed by atoms with Crippen LogP contribution in [0.15, 0.2) is 41.2 Å². The lowest BCUT2D eigenvalue weighted by Crippen LogP contribution is -2.55. The van der Waals surface area contributed by atoms with Crippen molar-refractivity contribution in [3.8, 4) is 5.69 Å². The van der Waals surface area contributed by atoms with Crippen molar-refractivity contribution in [2.45, 2.75) is 37.6 Å². The van der Waals surface area contributed by atoms with Gasteiger partial charge in [0.15, 0.2) is 0 Å². The number of halogens is 1. The molecule has 2 N–H and O–H groups in total. The maximum Gasteiger partial charge on any atom is 0.329 e. The number of hydrogen-bond donors (Lipinski definition) is 2. The van der Waals surface area contributed by atoms with Crippen molar-refractivity contribution >= 4 is 11.9 Å². The van der Waals surface area contributed by atoms with E-state index in [0.717, 1.165) is 17.2 Å². The molecule has 1 heterocycles. The average Bonchev–Trinajstić information content (AvgIpc) is 2.63. The van der Waals surface area contributed by atoms with Gasteiger partial charge in [-0.15, -0.1) is 0 Å². The van der Waals surface area contributed by atoms with Gasteiger partial charge in [0.05, 0.1) is 0 Å². The van der Waals surface area contributed by atoms with Gasteiger partial charge in [-0.3, -0.25) is 9.59 Å². The van der Waals surface area contributed by atoms with Crippen LogP contribution >= 0.6 is 0 Å². The van der Waals surface area contributed by atoms with Crippen molar-refractivity contribution in [3.63, 3.8) is 0 Å². The van der Waals surface area contributed by atoms with Crippen molar-refractivity contribution < 1.29 is 19.1 Å². The molecule has 0 unspecified atom stereocenters. The number of hydrogen-bond acceptors (Lipinski definition) is 4. The number of carbonyl (C=O) groups excluding carboxylic acids is 1. The molecule has 1 aromatic heterocycles. The highest BCUT2D eigenvalue weighted by atomic mass is 19.1. The first kappa shape index (κ1) is 17.8. The number of benzene rings is 1. The molecule has 0 bridgehead atoms. The van der Waals surface area contributed by atoms with Crippen LogP contribution in [-0.4, -0.2) is 32.3 Å². The van der Waals surface area contributed by atoms with Gasteiger partial charge in [-0.1, -0.05) is 31.4 Å². The number of amides is 1. The number of nitrogens with one attached hydrogen (secondary N) is 1. The number of para-hydroxylation sites is 1. The highest BCUT2D eigenvalue weighted by Crippen LogP contribution is 2.28. The highest BCUT2D eigenvalue weighted by molar-refractivity contribution is 5.96. The summed E-state index contributed by atoms with van der Waals surface area (Å²) in [6, 6.07) is 7.86. The van der Waals surface area contributed by atoms with Gasteiger partial charge in [-0.25, -0.2) is 9.18 Å². The molecule has 7 nitrogen and oxygen atoms in total. The molecule has 1 aromatic carbocycles. The summed E-state index contributed by atoms with van der Waals surface area (Å²) in [6.07, 6.45) is 2.99. The molecule has 0 spiro atoms. The van der Waals surface area contributed by atoms with Gasteiger partial charge in [-0.05, 0) is 31.0 Å². The molecule has 1 amide bonds. The Kier molecular flexibility index (Phi) is 4.83. The third-order valence-electron chi connectivity index (χ3n) is 4.58. The third-order valence-corrected chi connectivity index (χ3v) is 4.58. The zero-order chi connectivity index (χ0) is 18.7. The van der Waals surface area contributed by atoms with Crippen LogP contribution < -0.4 is 10.9 Å². The normalized spacial score (nSPS) is 16.0. The minimum atomic E-state index is -1.34. The van der Waals surface area contributed by atoms with E-state index in [9.17, 15) is 23.9 Å². The van der Waals surface area contributed by atoms with E-state index in [0.29, 0.717) is 25.7 Å². The summed E-state index contributed by atoms with van der Waals surface area (Å²) < 4.78 is 14.7. The van der Waals surface area contributed by atoms with E-state index >= 15 is 0 Å². The van der Waals surface area contributed by atoms with E-state index < -0.39 is 28.8 Å². The topological polar surface area (TPSA) is 101 Å². The lowest BCUT2D eigenvalue weighted by Gasteiger charge is -2.33. The van der Waals surface area contributed by atoms with Gasteiger partial charge in [0, 0.05) is 6.07 Å². The molecule has 0 radical (unpaired) electrons. The smallest absolute Gasteiger partial charge is 0.329 e. The molecule has 1 aliphatic rings. The summed E-state index contributed by atoms with van der Waals surface area (Å²) in [5.41, 5.74) is -2.18. The first-order chi connectivity index (χ1) is 12.4. The molecule has 0 atom stereocenters. The van der Waals surface area contributed by atoms with E-state index in [-0.39, 0.29) is 11.4 Å². The predicted octanol–water partition coefficient (Wildman–Crippen LogP) is 1.89. The highest BCUT2D eigenvalue weighted by Gasteiger charge is 2.41. The summed E-state index contributed by atoms with van der Waals surface area (Å²) in [5, 5.41) is 16.0. The predicted molar refractivity (Wildman–Crippen MR) is 90.7 cm³/mol. The Morgan fingerprint density at radius 2 is 1.81 bits per heavy atom. The second-order valence-electron chi connectivity index (χ2n) is 6.32. The molecule has 136 valence electrons. The Balaban J connectivity index is 1.93. The lowest BCUT2D eigenvalue weighted by molar-refractivity contribution is -0.145. The molecule has 1 aliphatic carbocycles. The largest absolute Gasteiger partial charge is 0.480 e. The average molecular weight is 359 g/mol. The fourth-order valence-electron chi connectivity index (χ4n) is 3.16. The summed E-state index contributed by atoms with van der Waals surface area (Å²) >= 11 is 0. The second kappa shape index (κ2) is 7.07. The van der Waals surface area contributed by atoms with E-state index in [1.54, 1.807) is 6.07 Å². The molecule has 26 heavy (non-hydrogen) atoms. The number of carboxylic acids is 1. The Hall–Kier alpha value is -3.03. The van der Waals surface area contributed by atoms with Crippen LogP contribution in [0.5, 0.6) is 0 Å². The monoisotopic (exact) mass is 359 g/mol. The standard InChI is InChI=1S/C18H18FN3O4/c19-12-6-2-3-7-14(12)22-15(23)9-8-13(21-22)16(24)20-18(17(25)26)10-4-1-5-11-18/h2-3,6-9H,1,4-5,10-11H2,(H,20,24)(H,25,26). The SMILES string of the molecule is O=C(NC1(C(=O)O)CCCCC1)c1ccc(=O)n(-c2ccccc2F)n1. The van der Waals surface area contributed by atoms with Gasteiger partial charge in [0.1, 0.15) is 22.7 Å².